The highest BCUT2D eigenvalue weighted by Gasteiger charge is 2.25. The molecule has 0 saturated heterocycles. The normalized spacial score (nSPS) is 12.3. The van der Waals surface area contributed by atoms with E-state index in [2.05, 4.69) is 11.4 Å². The third-order valence-electron chi connectivity index (χ3n) is 2.04. The van der Waals surface area contributed by atoms with Crippen LogP contribution < -0.4 is 5.32 Å². The van der Waals surface area contributed by atoms with Crippen molar-refractivity contribution in [2.75, 3.05) is 0 Å². The lowest BCUT2D eigenvalue weighted by Gasteiger charge is -2.28. The lowest BCUT2D eigenvalue weighted by Crippen LogP contribution is -2.47. The fourth-order valence-corrected chi connectivity index (χ4v) is 2.41. The first-order valence-electron chi connectivity index (χ1n) is 5.71. The van der Waals surface area contributed by atoms with Gasteiger partial charge in [-0.1, -0.05) is 6.07 Å². The van der Waals surface area contributed by atoms with Crippen molar-refractivity contribution in [1.29, 1.82) is 0 Å². The fraction of sp³-hybridized carbons (Fsp3) is 0.615. The van der Waals surface area contributed by atoms with E-state index < -0.39 is 5.60 Å². The molecule has 0 radical (unpaired) electrons. The molecule has 0 atom stereocenters. The van der Waals surface area contributed by atoms with Gasteiger partial charge < -0.3 is 10.1 Å². The lowest BCUT2D eigenvalue weighted by atomic mass is 10.00. The zero-order valence-corrected chi connectivity index (χ0v) is 12.0. The Morgan fingerprint density at radius 1 is 1.35 bits per heavy atom. The molecule has 1 rings (SSSR count). The molecule has 0 fully saturated rings. The van der Waals surface area contributed by atoms with E-state index in [1.54, 1.807) is 11.3 Å². The van der Waals surface area contributed by atoms with Crippen LogP contribution in [0.15, 0.2) is 17.5 Å². The molecule has 96 valence electrons. The van der Waals surface area contributed by atoms with Gasteiger partial charge in [-0.3, -0.25) is 0 Å². The maximum Gasteiger partial charge on any atom is 0.408 e. The number of hydrogen-bond donors (Lipinski definition) is 1. The van der Waals surface area contributed by atoms with Crippen molar-refractivity contribution in [3.8, 4) is 0 Å². The van der Waals surface area contributed by atoms with E-state index in [0.717, 1.165) is 6.42 Å². The highest BCUT2D eigenvalue weighted by molar-refractivity contribution is 7.09. The summed E-state index contributed by atoms with van der Waals surface area (Å²) >= 11 is 1.70. The van der Waals surface area contributed by atoms with E-state index in [9.17, 15) is 4.79 Å². The summed E-state index contributed by atoms with van der Waals surface area (Å²) in [6, 6.07) is 4.09. The van der Waals surface area contributed by atoms with E-state index >= 15 is 0 Å². The first kappa shape index (κ1) is 14.0. The SMILES string of the molecule is CC(C)(Cc1cccs1)NC(=O)OC(C)(C)C. The van der Waals surface area contributed by atoms with Crippen molar-refractivity contribution in [2.45, 2.75) is 52.2 Å². The first-order valence-corrected chi connectivity index (χ1v) is 6.59. The number of carbonyl (C=O) groups is 1. The smallest absolute Gasteiger partial charge is 0.408 e. The van der Waals surface area contributed by atoms with Gasteiger partial charge in [0.1, 0.15) is 5.60 Å². The van der Waals surface area contributed by atoms with Crippen molar-refractivity contribution < 1.29 is 9.53 Å². The van der Waals surface area contributed by atoms with Gasteiger partial charge in [0.15, 0.2) is 0 Å². The van der Waals surface area contributed by atoms with Gasteiger partial charge in [-0.2, -0.15) is 0 Å². The Bertz CT molecular complexity index is 363. The number of rotatable bonds is 3. The van der Waals surface area contributed by atoms with Crippen molar-refractivity contribution in [3.63, 3.8) is 0 Å². The third-order valence-corrected chi connectivity index (χ3v) is 2.91. The van der Waals surface area contributed by atoms with Gasteiger partial charge in [-0.25, -0.2) is 4.79 Å². The number of alkyl carbamates (subject to hydrolysis) is 1. The molecule has 1 N–H and O–H groups in total. The lowest BCUT2D eigenvalue weighted by molar-refractivity contribution is 0.0473. The molecule has 1 aromatic rings. The van der Waals surface area contributed by atoms with Crippen LogP contribution in [0.5, 0.6) is 0 Å². The maximum atomic E-state index is 11.7. The topological polar surface area (TPSA) is 38.3 Å². The van der Waals surface area contributed by atoms with Gasteiger partial charge in [0, 0.05) is 16.8 Å². The van der Waals surface area contributed by atoms with Crippen LogP contribution in [0.25, 0.3) is 0 Å². The minimum atomic E-state index is -0.455. The fourth-order valence-electron chi connectivity index (χ4n) is 1.47. The molecule has 0 bridgehead atoms. The van der Waals surface area contributed by atoms with Crippen LogP contribution in [-0.2, 0) is 11.2 Å². The summed E-state index contributed by atoms with van der Waals surface area (Å²) < 4.78 is 5.25. The second-order valence-corrected chi connectivity index (χ2v) is 6.80. The third kappa shape index (κ3) is 5.73. The van der Waals surface area contributed by atoms with Gasteiger partial charge >= 0.3 is 6.09 Å². The second-order valence-electron chi connectivity index (χ2n) is 5.77. The van der Waals surface area contributed by atoms with Crippen LogP contribution in [0, 0.1) is 0 Å². The Balaban J connectivity index is 2.51. The maximum absolute atomic E-state index is 11.7. The van der Waals surface area contributed by atoms with E-state index in [-0.39, 0.29) is 11.6 Å². The Kier molecular flexibility index (Phi) is 4.20. The molecule has 1 heterocycles. The molecule has 1 aromatic heterocycles. The first-order chi connectivity index (χ1) is 7.68. The van der Waals surface area contributed by atoms with Gasteiger partial charge in [0.25, 0.3) is 0 Å². The van der Waals surface area contributed by atoms with Crippen LogP contribution in [0.2, 0.25) is 0 Å². The molecule has 4 heteroatoms. The molecule has 0 aliphatic rings. The van der Waals surface area contributed by atoms with Crippen molar-refractivity contribution in [2.24, 2.45) is 0 Å². The molecule has 0 unspecified atom stereocenters. The number of ether oxygens (including phenoxy) is 1. The summed E-state index contributed by atoms with van der Waals surface area (Å²) in [5.41, 5.74) is -0.754. The average Bonchev–Trinajstić information content (AvgIpc) is 2.49. The molecule has 1 amide bonds. The number of nitrogens with one attached hydrogen (secondary N) is 1. The van der Waals surface area contributed by atoms with E-state index in [1.807, 2.05) is 46.1 Å². The molecule has 0 saturated carbocycles. The standard InChI is InChI=1S/C13H21NO2S/c1-12(2,3)16-11(15)14-13(4,5)9-10-7-6-8-17-10/h6-8H,9H2,1-5H3,(H,14,15). The number of thiophene rings is 1. The summed E-state index contributed by atoms with van der Waals surface area (Å²) in [5.74, 6) is 0. The number of hydrogen-bond acceptors (Lipinski definition) is 3. The number of carbonyl (C=O) groups excluding carboxylic acids is 1. The number of amides is 1. The molecule has 3 nitrogen and oxygen atoms in total. The Hall–Kier alpha value is -1.03. The van der Waals surface area contributed by atoms with Gasteiger partial charge in [0.05, 0.1) is 0 Å². The zero-order valence-electron chi connectivity index (χ0n) is 11.2. The summed E-state index contributed by atoms with van der Waals surface area (Å²) in [4.78, 5) is 12.9. The summed E-state index contributed by atoms with van der Waals surface area (Å²) in [6.07, 6.45) is 0.447. The highest BCUT2D eigenvalue weighted by atomic mass is 32.1. The van der Waals surface area contributed by atoms with E-state index in [4.69, 9.17) is 4.74 Å². The molecule has 17 heavy (non-hydrogen) atoms. The van der Waals surface area contributed by atoms with Crippen LogP contribution in [0.4, 0.5) is 4.79 Å². The predicted molar refractivity (Wildman–Crippen MR) is 71.5 cm³/mol. The molecular weight excluding hydrogens is 234 g/mol. The van der Waals surface area contributed by atoms with E-state index in [0.29, 0.717) is 0 Å². The van der Waals surface area contributed by atoms with Crippen LogP contribution in [0.1, 0.15) is 39.5 Å². The van der Waals surface area contributed by atoms with Crippen molar-refractivity contribution >= 4 is 17.4 Å². The van der Waals surface area contributed by atoms with Crippen LogP contribution in [0.3, 0.4) is 0 Å². The predicted octanol–water partition coefficient (Wildman–Crippen LogP) is 3.59. The second kappa shape index (κ2) is 5.08. The van der Waals surface area contributed by atoms with Crippen LogP contribution >= 0.6 is 11.3 Å². The summed E-state index contributed by atoms with van der Waals surface area (Å²) in [7, 11) is 0. The van der Waals surface area contributed by atoms with Gasteiger partial charge in [-0.05, 0) is 46.1 Å². The molecular formula is C13H21NO2S. The van der Waals surface area contributed by atoms with Crippen molar-refractivity contribution in [1.82, 2.24) is 5.32 Å². The Labute approximate surface area is 107 Å². The Morgan fingerprint density at radius 3 is 2.47 bits per heavy atom. The highest BCUT2D eigenvalue weighted by Crippen LogP contribution is 2.18. The average molecular weight is 255 g/mol. The quantitative estimate of drug-likeness (QED) is 0.896. The molecule has 0 aromatic carbocycles. The molecule has 0 aliphatic carbocycles. The molecule has 0 aliphatic heterocycles. The largest absolute Gasteiger partial charge is 0.444 e. The van der Waals surface area contributed by atoms with E-state index in [1.165, 1.54) is 4.88 Å². The minimum absolute atomic E-state index is 0.298. The van der Waals surface area contributed by atoms with Gasteiger partial charge in [-0.15, -0.1) is 11.3 Å². The minimum Gasteiger partial charge on any atom is -0.444 e. The van der Waals surface area contributed by atoms with Gasteiger partial charge in [0.2, 0.25) is 0 Å². The van der Waals surface area contributed by atoms with Crippen molar-refractivity contribution in [3.05, 3.63) is 22.4 Å². The van der Waals surface area contributed by atoms with Crippen LogP contribution in [-0.4, -0.2) is 17.2 Å². The zero-order chi connectivity index (χ0) is 13.1. The Morgan fingerprint density at radius 2 is 2.00 bits per heavy atom. The molecule has 0 spiro atoms. The summed E-state index contributed by atoms with van der Waals surface area (Å²) in [6.45, 7) is 9.57. The summed E-state index contributed by atoms with van der Waals surface area (Å²) in [5, 5.41) is 4.94. The monoisotopic (exact) mass is 255 g/mol.